The molecule has 156 valence electrons. The van der Waals surface area contributed by atoms with Crippen LogP contribution in [0.3, 0.4) is 0 Å². The summed E-state index contributed by atoms with van der Waals surface area (Å²) >= 11 is 0. The van der Waals surface area contributed by atoms with E-state index in [1.165, 1.54) is 0 Å². The van der Waals surface area contributed by atoms with Crippen molar-refractivity contribution in [2.75, 3.05) is 15.9 Å². The van der Waals surface area contributed by atoms with Crippen LogP contribution in [0.5, 0.6) is 11.5 Å². The largest absolute Gasteiger partial charge is 0.457 e. The zero-order valence-electron chi connectivity index (χ0n) is 17.1. The van der Waals surface area contributed by atoms with Crippen LogP contribution in [0.15, 0.2) is 78.9 Å². The van der Waals surface area contributed by atoms with Gasteiger partial charge in [-0.15, -0.1) is 0 Å². The number of nitrogens with zero attached hydrogens (tertiary/aromatic N) is 1. The Labute approximate surface area is 177 Å². The van der Waals surface area contributed by atoms with E-state index in [1.54, 1.807) is 37.3 Å². The summed E-state index contributed by atoms with van der Waals surface area (Å²) in [6.45, 7) is 3.47. The predicted octanol–water partition coefficient (Wildman–Crippen LogP) is 4.58. The third kappa shape index (κ3) is 5.39. The lowest BCUT2D eigenvalue weighted by Gasteiger charge is -2.28. The lowest BCUT2D eigenvalue weighted by Crippen LogP contribution is -2.45. The molecule has 3 aromatic rings. The number of ether oxygens (including phenoxy) is 1. The van der Waals surface area contributed by atoms with E-state index in [9.17, 15) is 13.2 Å². The van der Waals surface area contributed by atoms with E-state index in [0.717, 1.165) is 16.1 Å². The monoisotopic (exact) mass is 424 g/mol. The topological polar surface area (TPSA) is 75.7 Å². The molecule has 0 saturated carbocycles. The van der Waals surface area contributed by atoms with Gasteiger partial charge in [-0.25, -0.2) is 8.42 Å². The Balaban J connectivity index is 1.80. The van der Waals surface area contributed by atoms with Gasteiger partial charge in [-0.3, -0.25) is 9.10 Å². The van der Waals surface area contributed by atoms with Crippen LogP contribution in [0.4, 0.5) is 11.4 Å². The number of anilines is 2. The van der Waals surface area contributed by atoms with Crippen molar-refractivity contribution < 1.29 is 17.9 Å². The molecule has 6 nitrogen and oxygen atoms in total. The smallest absolute Gasteiger partial charge is 0.247 e. The molecule has 1 atom stereocenters. The molecular formula is C23H24N2O4S. The molecular weight excluding hydrogens is 400 g/mol. The van der Waals surface area contributed by atoms with E-state index in [4.69, 9.17) is 4.74 Å². The first kappa shape index (κ1) is 21.4. The van der Waals surface area contributed by atoms with Crippen molar-refractivity contribution in [3.05, 3.63) is 84.4 Å². The molecule has 0 aromatic heterocycles. The minimum Gasteiger partial charge on any atom is -0.457 e. The molecule has 0 aliphatic rings. The molecule has 0 fully saturated rings. The lowest BCUT2D eigenvalue weighted by molar-refractivity contribution is -0.116. The van der Waals surface area contributed by atoms with Crippen LogP contribution in [0, 0.1) is 6.92 Å². The summed E-state index contributed by atoms with van der Waals surface area (Å²) in [6.07, 6.45) is 1.08. The van der Waals surface area contributed by atoms with E-state index >= 15 is 0 Å². The molecule has 0 heterocycles. The third-order valence-electron chi connectivity index (χ3n) is 4.44. The van der Waals surface area contributed by atoms with Crippen molar-refractivity contribution >= 4 is 27.3 Å². The van der Waals surface area contributed by atoms with Crippen molar-refractivity contribution in [1.29, 1.82) is 0 Å². The number of sulfonamides is 1. The molecule has 3 rings (SSSR count). The van der Waals surface area contributed by atoms with Crippen molar-refractivity contribution in [1.82, 2.24) is 0 Å². The van der Waals surface area contributed by atoms with E-state index in [0.29, 0.717) is 22.9 Å². The van der Waals surface area contributed by atoms with E-state index in [-0.39, 0.29) is 0 Å². The average Bonchev–Trinajstić information content (AvgIpc) is 2.69. The van der Waals surface area contributed by atoms with Gasteiger partial charge in [0, 0.05) is 5.69 Å². The Bertz CT molecular complexity index is 1110. The maximum Gasteiger partial charge on any atom is 0.247 e. The molecule has 0 saturated heterocycles. The number of aryl methyl sites for hydroxylation is 1. The lowest BCUT2D eigenvalue weighted by atomic mass is 10.2. The summed E-state index contributed by atoms with van der Waals surface area (Å²) in [6, 6.07) is 22.3. The number of nitrogens with one attached hydrogen (secondary N) is 1. The molecule has 0 radical (unpaired) electrons. The van der Waals surface area contributed by atoms with Crippen LogP contribution in [0.2, 0.25) is 0 Å². The van der Waals surface area contributed by atoms with Crippen LogP contribution >= 0.6 is 0 Å². The van der Waals surface area contributed by atoms with Crippen LogP contribution in [0.1, 0.15) is 12.5 Å². The standard InChI is InChI=1S/C23H24N2O4S/c1-17-8-7-9-19(16-17)24-23(26)18(2)25(30(3,27)28)20-12-14-22(15-13-20)29-21-10-5-4-6-11-21/h4-16,18H,1-3H3,(H,24,26)/t18-/m0/s1. The van der Waals surface area contributed by atoms with Gasteiger partial charge in [0.1, 0.15) is 17.5 Å². The van der Waals surface area contributed by atoms with Crippen molar-refractivity contribution in [2.24, 2.45) is 0 Å². The highest BCUT2D eigenvalue weighted by Crippen LogP contribution is 2.27. The highest BCUT2D eigenvalue weighted by atomic mass is 32.2. The minimum absolute atomic E-state index is 0.379. The second kappa shape index (κ2) is 9.00. The summed E-state index contributed by atoms with van der Waals surface area (Å²) in [5.74, 6) is 0.821. The summed E-state index contributed by atoms with van der Waals surface area (Å²) in [5, 5.41) is 2.78. The van der Waals surface area contributed by atoms with Gasteiger partial charge in [0.05, 0.1) is 11.9 Å². The number of carbonyl (C=O) groups is 1. The molecule has 7 heteroatoms. The van der Waals surface area contributed by atoms with E-state index in [2.05, 4.69) is 5.32 Å². The number of benzene rings is 3. The molecule has 0 unspecified atom stereocenters. The Morgan fingerprint density at radius 2 is 1.57 bits per heavy atom. The molecule has 1 N–H and O–H groups in total. The Hall–Kier alpha value is -3.32. The van der Waals surface area contributed by atoms with Gasteiger partial charge in [-0.1, -0.05) is 30.3 Å². The average molecular weight is 425 g/mol. The minimum atomic E-state index is -3.70. The zero-order chi connectivity index (χ0) is 21.7. The first-order chi connectivity index (χ1) is 14.2. The summed E-state index contributed by atoms with van der Waals surface area (Å²) < 4.78 is 31.8. The Kier molecular flexibility index (Phi) is 6.42. The number of rotatable bonds is 7. The number of para-hydroxylation sites is 1. The molecule has 0 spiro atoms. The number of hydrogen-bond acceptors (Lipinski definition) is 4. The van der Waals surface area contributed by atoms with Crippen molar-refractivity contribution in [3.63, 3.8) is 0 Å². The molecule has 0 aliphatic heterocycles. The fraction of sp³-hybridized carbons (Fsp3) is 0.174. The second-order valence-electron chi connectivity index (χ2n) is 7.00. The third-order valence-corrected chi connectivity index (χ3v) is 5.69. The van der Waals surface area contributed by atoms with Gasteiger partial charge < -0.3 is 10.1 Å². The number of hydrogen-bond donors (Lipinski definition) is 1. The fourth-order valence-electron chi connectivity index (χ4n) is 3.06. The van der Waals surface area contributed by atoms with Crippen LogP contribution in [-0.4, -0.2) is 26.6 Å². The second-order valence-corrected chi connectivity index (χ2v) is 8.86. The maximum absolute atomic E-state index is 12.8. The van der Waals surface area contributed by atoms with Gasteiger partial charge in [-0.2, -0.15) is 0 Å². The summed E-state index contributed by atoms with van der Waals surface area (Å²) in [4.78, 5) is 12.8. The highest BCUT2D eigenvalue weighted by Gasteiger charge is 2.29. The van der Waals surface area contributed by atoms with Gasteiger partial charge >= 0.3 is 0 Å². The summed E-state index contributed by atoms with van der Waals surface area (Å²) in [7, 11) is -3.70. The van der Waals surface area contributed by atoms with Crippen LogP contribution in [0.25, 0.3) is 0 Å². The Morgan fingerprint density at radius 3 is 2.17 bits per heavy atom. The maximum atomic E-state index is 12.8. The number of carbonyl (C=O) groups excluding carboxylic acids is 1. The van der Waals surface area contributed by atoms with Crippen LogP contribution in [-0.2, 0) is 14.8 Å². The fourth-order valence-corrected chi connectivity index (χ4v) is 4.24. The predicted molar refractivity (Wildman–Crippen MR) is 120 cm³/mol. The van der Waals surface area contributed by atoms with E-state index in [1.807, 2.05) is 55.5 Å². The highest BCUT2D eigenvalue weighted by molar-refractivity contribution is 7.92. The van der Waals surface area contributed by atoms with Crippen molar-refractivity contribution in [3.8, 4) is 11.5 Å². The molecule has 3 aromatic carbocycles. The first-order valence-electron chi connectivity index (χ1n) is 9.44. The Morgan fingerprint density at radius 1 is 0.933 bits per heavy atom. The molecule has 0 bridgehead atoms. The number of amides is 1. The quantitative estimate of drug-likeness (QED) is 0.602. The normalized spacial score (nSPS) is 12.1. The molecule has 0 aliphatic carbocycles. The molecule has 30 heavy (non-hydrogen) atoms. The summed E-state index contributed by atoms with van der Waals surface area (Å²) in [5.41, 5.74) is 1.99. The van der Waals surface area contributed by atoms with E-state index < -0.39 is 22.0 Å². The van der Waals surface area contributed by atoms with Gasteiger partial charge in [0.25, 0.3) is 0 Å². The SMILES string of the molecule is Cc1cccc(NC(=O)[C@H](C)N(c2ccc(Oc3ccccc3)cc2)S(C)(=O)=O)c1. The van der Waals surface area contributed by atoms with Crippen molar-refractivity contribution in [2.45, 2.75) is 19.9 Å². The molecule has 1 amide bonds. The first-order valence-corrected chi connectivity index (χ1v) is 11.3. The van der Waals surface area contributed by atoms with Gasteiger partial charge in [0.2, 0.25) is 15.9 Å². The van der Waals surface area contributed by atoms with Gasteiger partial charge in [-0.05, 0) is 67.9 Å². The zero-order valence-corrected chi connectivity index (χ0v) is 17.9. The van der Waals surface area contributed by atoms with Crippen LogP contribution < -0.4 is 14.4 Å². The van der Waals surface area contributed by atoms with Gasteiger partial charge in [0.15, 0.2) is 0 Å².